The third kappa shape index (κ3) is 3.51. The van der Waals surface area contributed by atoms with Crippen LogP contribution < -0.4 is 5.73 Å². The van der Waals surface area contributed by atoms with Crippen molar-refractivity contribution in [2.75, 3.05) is 0 Å². The first-order valence-corrected chi connectivity index (χ1v) is 4.73. The molecule has 1 aromatic rings. The molecule has 0 radical (unpaired) electrons. The Balaban J connectivity index is 2.86. The van der Waals surface area contributed by atoms with Crippen LogP contribution in [0.4, 0.5) is 0 Å². The van der Waals surface area contributed by atoms with Crippen LogP contribution in [0.25, 0.3) is 0 Å². The molecule has 0 saturated heterocycles. The second-order valence-corrected chi connectivity index (χ2v) is 4.55. The molecule has 0 bridgehead atoms. The monoisotopic (exact) mass is 218 g/mol. The van der Waals surface area contributed by atoms with Gasteiger partial charge in [0.25, 0.3) is 0 Å². The predicted octanol–water partition coefficient (Wildman–Crippen LogP) is 2.67. The zero-order valence-electron chi connectivity index (χ0n) is 7.64. The van der Waals surface area contributed by atoms with Crippen molar-refractivity contribution in [3.8, 4) is 0 Å². The number of aromatic nitrogens is 1. The minimum atomic E-state index is -0.251. The van der Waals surface area contributed by atoms with Crippen molar-refractivity contribution in [1.82, 2.24) is 4.98 Å². The van der Waals surface area contributed by atoms with E-state index in [1.165, 1.54) is 0 Å². The van der Waals surface area contributed by atoms with E-state index in [1.54, 1.807) is 12.3 Å². The van der Waals surface area contributed by atoms with Crippen LogP contribution >= 0.6 is 23.2 Å². The third-order valence-corrected chi connectivity index (χ3v) is 2.20. The van der Waals surface area contributed by atoms with Crippen LogP contribution in [0.2, 0.25) is 10.2 Å². The van der Waals surface area contributed by atoms with E-state index in [1.807, 2.05) is 13.8 Å². The summed E-state index contributed by atoms with van der Waals surface area (Å²) in [5.41, 5.74) is 6.60. The van der Waals surface area contributed by atoms with E-state index in [0.717, 1.165) is 12.0 Å². The Labute approximate surface area is 88.1 Å². The van der Waals surface area contributed by atoms with E-state index in [4.69, 9.17) is 28.9 Å². The molecule has 0 fully saturated rings. The molecule has 1 heterocycles. The summed E-state index contributed by atoms with van der Waals surface area (Å²) in [5, 5.41) is 0.809. The highest BCUT2D eigenvalue weighted by atomic mass is 35.5. The fourth-order valence-electron chi connectivity index (χ4n) is 1.08. The Hall–Kier alpha value is -0.310. The molecule has 0 spiro atoms. The van der Waals surface area contributed by atoms with Gasteiger partial charge in [-0.1, -0.05) is 23.2 Å². The van der Waals surface area contributed by atoms with Crippen LogP contribution in [0.1, 0.15) is 19.4 Å². The fourth-order valence-corrected chi connectivity index (χ4v) is 1.38. The molecule has 1 rings (SSSR count). The van der Waals surface area contributed by atoms with E-state index in [0.29, 0.717) is 10.2 Å². The van der Waals surface area contributed by atoms with Crippen molar-refractivity contribution in [2.24, 2.45) is 5.73 Å². The van der Waals surface area contributed by atoms with Crippen LogP contribution in [0.3, 0.4) is 0 Å². The van der Waals surface area contributed by atoms with E-state index < -0.39 is 0 Å². The number of halogens is 2. The topological polar surface area (TPSA) is 38.9 Å². The van der Waals surface area contributed by atoms with Crippen LogP contribution in [0.5, 0.6) is 0 Å². The molecule has 0 atom stereocenters. The summed E-state index contributed by atoms with van der Waals surface area (Å²) >= 11 is 11.5. The Kier molecular flexibility index (Phi) is 3.17. The Morgan fingerprint density at radius 3 is 2.54 bits per heavy atom. The maximum atomic E-state index is 5.85. The lowest BCUT2D eigenvalue weighted by molar-refractivity contribution is 0.516. The van der Waals surface area contributed by atoms with Gasteiger partial charge in [0, 0.05) is 11.7 Å². The third-order valence-electron chi connectivity index (χ3n) is 1.51. The van der Waals surface area contributed by atoms with Crippen LogP contribution in [-0.4, -0.2) is 10.5 Å². The molecule has 72 valence electrons. The minimum absolute atomic E-state index is 0.251. The highest BCUT2D eigenvalue weighted by molar-refractivity contribution is 6.41. The minimum Gasteiger partial charge on any atom is -0.325 e. The number of hydrogen-bond acceptors (Lipinski definition) is 2. The molecule has 0 aliphatic heterocycles. The van der Waals surface area contributed by atoms with Gasteiger partial charge in [-0.25, -0.2) is 4.98 Å². The average Bonchev–Trinajstić information content (AvgIpc) is 1.94. The molecule has 0 unspecified atom stereocenters. The van der Waals surface area contributed by atoms with Crippen LogP contribution in [0, 0.1) is 0 Å². The van der Waals surface area contributed by atoms with Gasteiger partial charge >= 0.3 is 0 Å². The van der Waals surface area contributed by atoms with Gasteiger partial charge in [0.15, 0.2) is 0 Å². The quantitative estimate of drug-likeness (QED) is 0.776. The summed E-state index contributed by atoms with van der Waals surface area (Å²) in [6.07, 6.45) is 2.43. The van der Waals surface area contributed by atoms with E-state index in [2.05, 4.69) is 4.98 Å². The standard InChI is InChI=1S/C9H12Cl2N2/c1-9(2,12)4-6-3-7(10)8(11)13-5-6/h3,5H,4,12H2,1-2H3. The molecule has 0 saturated carbocycles. The van der Waals surface area contributed by atoms with Gasteiger partial charge in [-0.05, 0) is 31.9 Å². The molecular formula is C9H12Cl2N2. The Morgan fingerprint density at radius 1 is 1.46 bits per heavy atom. The summed E-state index contributed by atoms with van der Waals surface area (Å²) < 4.78 is 0. The molecule has 0 aliphatic carbocycles. The first-order chi connectivity index (χ1) is 5.88. The summed E-state index contributed by atoms with van der Waals surface area (Å²) in [4.78, 5) is 3.94. The summed E-state index contributed by atoms with van der Waals surface area (Å²) in [6, 6.07) is 1.80. The van der Waals surface area contributed by atoms with E-state index in [9.17, 15) is 0 Å². The molecule has 2 N–H and O–H groups in total. The van der Waals surface area contributed by atoms with Crippen LogP contribution in [0.15, 0.2) is 12.3 Å². The summed E-state index contributed by atoms with van der Waals surface area (Å²) in [7, 11) is 0. The van der Waals surface area contributed by atoms with Gasteiger partial charge in [0.05, 0.1) is 5.02 Å². The van der Waals surface area contributed by atoms with E-state index >= 15 is 0 Å². The van der Waals surface area contributed by atoms with Gasteiger partial charge in [0.2, 0.25) is 0 Å². The first kappa shape index (κ1) is 10.8. The average molecular weight is 219 g/mol. The number of rotatable bonds is 2. The Bertz CT molecular complexity index is 305. The second-order valence-electron chi connectivity index (χ2n) is 3.78. The van der Waals surface area contributed by atoms with Gasteiger partial charge in [-0.15, -0.1) is 0 Å². The normalized spacial score (nSPS) is 11.8. The van der Waals surface area contributed by atoms with Gasteiger partial charge in [-0.3, -0.25) is 0 Å². The molecule has 0 aliphatic rings. The smallest absolute Gasteiger partial charge is 0.147 e. The lowest BCUT2D eigenvalue weighted by Gasteiger charge is -2.18. The van der Waals surface area contributed by atoms with Gasteiger partial charge in [0.1, 0.15) is 5.15 Å². The zero-order chi connectivity index (χ0) is 10.1. The molecule has 0 aromatic carbocycles. The van der Waals surface area contributed by atoms with Crippen molar-refractivity contribution >= 4 is 23.2 Å². The largest absolute Gasteiger partial charge is 0.325 e. The number of nitrogens with zero attached hydrogens (tertiary/aromatic N) is 1. The van der Waals surface area contributed by atoms with Crippen molar-refractivity contribution in [3.63, 3.8) is 0 Å². The number of hydrogen-bond donors (Lipinski definition) is 1. The molecular weight excluding hydrogens is 207 g/mol. The molecule has 2 nitrogen and oxygen atoms in total. The van der Waals surface area contributed by atoms with Crippen molar-refractivity contribution in [3.05, 3.63) is 28.0 Å². The van der Waals surface area contributed by atoms with Crippen molar-refractivity contribution < 1.29 is 0 Å². The summed E-state index contributed by atoms with van der Waals surface area (Å²) in [5.74, 6) is 0. The van der Waals surface area contributed by atoms with Crippen molar-refractivity contribution in [2.45, 2.75) is 25.8 Å². The van der Waals surface area contributed by atoms with E-state index in [-0.39, 0.29) is 5.54 Å². The zero-order valence-corrected chi connectivity index (χ0v) is 9.15. The highest BCUT2D eigenvalue weighted by Crippen LogP contribution is 2.21. The van der Waals surface area contributed by atoms with Crippen molar-refractivity contribution in [1.29, 1.82) is 0 Å². The number of nitrogens with two attached hydrogens (primary N) is 1. The molecule has 1 aromatic heterocycles. The Morgan fingerprint density at radius 2 is 2.08 bits per heavy atom. The lowest BCUT2D eigenvalue weighted by atomic mass is 9.98. The maximum Gasteiger partial charge on any atom is 0.147 e. The maximum absolute atomic E-state index is 5.85. The van der Waals surface area contributed by atoms with Crippen LogP contribution in [-0.2, 0) is 6.42 Å². The first-order valence-electron chi connectivity index (χ1n) is 3.97. The molecule has 13 heavy (non-hydrogen) atoms. The van der Waals surface area contributed by atoms with Gasteiger partial charge < -0.3 is 5.73 Å². The second kappa shape index (κ2) is 3.82. The molecule has 0 amide bonds. The number of pyridine rings is 1. The highest BCUT2D eigenvalue weighted by Gasteiger charge is 2.12. The fraction of sp³-hybridized carbons (Fsp3) is 0.444. The SMILES string of the molecule is CC(C)(N)Cc1cnc(Cl)c(Cl)c1. The predicted molar refractivity (Wildman–Crippen MR) is 56.2 cm³/mol. The van der Waals surface area contributed by atoms with Gasteiger partial charge in [-0.2, -0.15) is 0 Å². The summed E-state index contributed by atoms with van der Waals surface area (Å²) in [6.45, 7) is 3.91. The molecule has 4 heteroatoms. The lowest BCUT2D eigenvalue weighted by Crippen LogP contribution is -2.34.